The minimum absolute atomic E-state index is 0.0294. The van der Waals surface area contributed by atoms with Crippen molar-refractivity contribution in [3.63, 3.8) is 0 Å². The molecule has 0 radical (unpaired) electrons. The number of carbonyl (C=O) groups is 3. The van der Waals surface area contributed by atoms with Gasteiger partial charge in [0, 0.05) is 23.9 Å². The van der Waals surface area contributed by atoms with Crippen LogP contribution in [0.4, 0.5) is 27.5 Å². The number of amidine groups is 1. The van der Waals surface area contributed by atoms with E-state index in [0.717, 1.165) is 30.3 Å². The van der Waals surface area contributed by atoms with E-state index in [0.29, 0.717) is 23.5 Å². The molecule has 0 aromatic heterocycles. The molecule has 0 fully saturated rings. The molecule has 63 heavy (non-hydrogen) atoms. The molecule has 15 nitrogen and oxygen atoms in total. The summed E-state index contributed by atoms with van der Waals surface area (Å²) < 4.78 is 40.7. The number of amides is 4. The number of hydrogen-bond acceptors (Lipinski definition) is 10. The lowest BCUT2D eigenvalue weighted by Crippen LogP contribution is -2.41. The Kier molecular flexibility index (Phi) is 18.9. The van der Waals surface area contributed by atoms with Crippen LogP contribution < -0.4 is 25.7 Å². The lowest BCUT2D eigenvalue weighted by atomic mass is 10.0. The van der Waals surface area contributed by atoms with Crippen molar-refractivity contribution in [2.45, 2.75) is 121 Å². The SMILES string of the molecule is CCCCCCCCCCCCCCCCCC(=O)Nc1ccc(NC(=O)NC2=NN(c3ccc(Oc4ccccc4)c(S(=O)(=O)O)c3)C(=O)[C@@H]2N=Nc2ccc(O)cc2Cl)cc1. The van der Waals surface area contributed by atoms with Crippen LogP contribution in [0, 0.1) is 0 Å². The van der Waals surface area contributed by atoms with Gasteiger partial charge in [-0.3, -0.25) is 19.5 Å². The highest BCUT2D eigenvalue weighted by Crippen LogP contribution is 2.35. The van der Waals surface area contributed by atoms with Gasteiger partial charge in [-0.1, -0.05) is 127 Å². The molecule has 0 spiro atoms. The molecule has 5 N–H and O–H groups in total. The van der Waals surface area contributed by atoms with Gasteiger partial charge in [-0.2, -0.15) is 23.7 Å². The van der Waals surface area contributed by atoms with E-state index in [4.69, 9.17) is 16.3 Å². The second-order valence-corrected chi connectivity index (χ2v) is 17.1. The van der Waals surface area contributed by atoms with Gasteiger partial charge in [-0.25, -0.2) is 4.79 Å². The second kappa shape index (κ2) is 24.7. The zero-order chi connectivity index (χ0) is 45.0. The van der Waals surface area contributed by atoms with Crippen molar-refractivity contribution in [1.29, 1.82) is 0 Å². The minimum atomic E-state index is -4.87. The van der Waals surface area contributed by atoms with Crippen molar-refractivity contribution in [3.05, 3.63) is 96.0 Å². The van der Waals surface area contributed by atoms with E-state index in [9.17, 15) is 32.5 Å². The van der Waals surface area contributed by atoms with Crippen molar-refractivity contribution >= 4 is 68.1 Å². The van der Waals surface area contributed by atoms with E-state index >= 15 is 0 Å². The van der Waals surface area contributed by atoms with Gasteiger partial charge in [0.05, 0.1) is 10.7 Å². The molecule has 0 saturated carbocycles. The molecule has 0 saturated heterocycles. The molecular weight excluding hydrogens is 846 g/mol. The number of phenolic OH excluding ortho intramolecular Hbond substituents is 1. The Morgan fingerprint density at radius 3 is 1.94 bits per heavy atom. The number of hydrogen-bond donors (Lipinski definition) is 5. The van der Waals surface area contributed by atoms with E-state index in [1.54, 1.807) is 54.6 Å². The Balaban J connectivity index is 1.14. The van der Waals surface area contributed by atoms with Gasteiger partial charge >= 0.3 is 6.03 Å². The molecule has 4 aromatic rings. The molecule has 1 atom stereocenters. The second-order valence-electron chi connectivity index (χ2n) is 15.3. The van der Waals surface area contributed by atoms with Crippen LogP contribution in [0.1, 0.15) is 110 Å². The molecule has 4 amide bonds. The largest absolute Gasteiger partial charge is 0.508 e. The number of phenols is 1. The van der Waals surface area contributed by atoms with Crippen LogP contribution in [0.25, 0.3) is 0 Å². The number of halogens is 1. The third-order valence-electron chi connectivity index (χ3n) is 10.2. The number of para-hydroxylation sites is 1. The number of hydrazone groups is 1. The monoisotopic (exact) mass is 901 g/mol. The summed E-state index contributed by atoms with van der Waals surface area (Å²) in [5.74, 6) is -1.26. The number of nitrogens with zero attached hydrogens (tertiary/aromatic N) is 4. The van der Waals surface area contributed by atoms with Crippen molar-refractivity contribution < 1.29 is 37.2 Å². The number of aromatic hydroxyl groups is 1. The third kappa shape index (κ3) is 15.8. The average Bonchev–Trinajstić information content (AvgIpc) is 3.56. The molecule has 1 heterocycles. The molecule has 1 aliphatic heterocycles. The lowest BCUT2D eigenvalue weighted by molar-refractivity contribution is -0.118. The fourth-order valence-corrected chi connectivity index (χ4v) is 7.70. The maximum atomic E-state index is 13.8. The first-order valence-corrected chi connectivity index (χ1v) is 23.4. The Morgan fingerprint density at radius 2 is 1.35 bits per heavy atom. The van der Waals surface area contributed by atoms with Crippen LogP contribution in [-0.2, 0) is 19.7 Å². The number of nitrogens with one attached hydrogen (secondary N) is 3. The molecule has 4 aromatic carbocycles. The predicted octanol–water partition coefficient (Wildman–Crippen LogP) is 11.9. The lowest BCUT2D eigenvalue weighted by Gasteiger charge is -2.15. The Morgan fingerprint density at radius 1 is 0.762 bits per heavy atom. The number of rotatable bonds is 24. The molecule has 0 unspecified atom stereocenters. The first-order valence-electron chi connectivity index (χ1n) is 21.6. The normalized spacial score (nSPS) is 13.9. The Labute approximate surface area is 374 Å². The van der Waals surface area contributed by atoms with Crippen LogP contribution in [0.2, 0.25) is 5.02 Å². The first kappa shape index (κ1) is 48.2. The summed E-state index contributed by atoms with van der Waals surface area (Å²) in [6, 6.07) is 19.9. The number of carbonyl (C=O) groups excluding carboxylic acids is 3. The summed E-state index contributed by atoms with van der Waals surface area (Å²) in [6.45, 7) is 2.25. The zero-order valence-corrected chi connectivity index (χ0v) is 37.0. The minimum Gasteiger partial charge on any atom is -0.508 e. The third-order valence-corrected chi connectivity index (χ3v) is 11.4. The summed E-state index contributed by atoms with van der Waals surface area (Å²) in [7, 11) is -4.87. The van der Waals surface area contributed by atoms with Crippen molar-refractivity contribution in [1.82, 2.24) is 5.32 Å². The topological polar surface area (TPSA) is 211 Å². The first-order chi connectivity index (χ1) is 30.4. The van der Waals surface area contributed by atoms with Gasteiger partial charge in [0.25, 0.3) is 16.0 Å². The Hall–Kier alpha value is -5.84. The number of unbranched alkanes of at least 4 members (excludes halogenated alkanes) is 14. The predicted molar refractivity (Wildman–Crippen MR) is 246 cm³/mol. The summed E-state index contributed by atoms with van der Waals surface area (Å²) in [5, 5.41) is 31.0. The standard InChI is InChI=1S/C46H56ClN7O8S/c1-2-3-4-5-6-7-8-9-10-11-12-13-14-15-19-22-42(56)48-33-23-25-34(26-24-33)49-46(58)50-44-43(52-51-39-29-28-36(55)32-38(39)47)45(57)54(53-44)35-27-30-40(41(31-35)63(59,60)61)62-37-20-17-16-18-21-37/h16-18,20-21,23-32,43,55H,2-15,19,22H2,1H3,(H,48,56)(H,59,60,61)(H2,49,50,53,58)/t43-/m1/s1. The number of urea groups is 1. The van der Waals surface area contributed by atoms with Crippen molar-refractivity contribution in [2.24, 2.45) is 15.3 Å². The van der Waals surface area contributed by atoms with Crippen molar-refractivity contribution in [2.75, 3.05) is 15.6 Å². The molecule has 0 bridgehead atoms. The molecular formula is C46H56ClN7O8S. The van der Waals surface area contributed by atoms with E-state index in [-0.39, 0.29) is 39.6 Å². The zero-order valence-electron chi connectivity index (χ0n) is 35.5. The maximum Gasteiger partial charge on any atom is 0.324 e. The van der Waals surface area contributed by atoms with Crippen LogP contribution >= 0.6 is 11.6 Å². The highest BCUT2D eigenvalue weighted by Gasteiger charge is 2.39. The highest BCUT2D eigenvalue weighted by molar-refractivity contribution is 7.86. The van der Waals surface area contributed by atoms with E-state index in [2.05, 4.69) is 38.2 Å². The molecule has 1 aliphatic rings. The average molecular weight is 903 g/mol. The van der Waals surface area contributed by atoms with Gasteiger partial charge in [-0.05, 0) is 73.2 Å². The van der Waals surface area contributed by atoms with Gasteiger partial charge in [0.1, 0.15) is 27.8 Å². The number of benzene rings is 4. The van der Waals surface area contributed by atoms with Gasteiger partial charge in [-0.15, -0.1) is 5.10 Å². The van der Waals surface area contributed by atoms with Gasteiger partial charge < -0.3 is 20.5 Å². The number of azo groups is 1. The fraction of sp³-hybridized carbons (Fsp3) is 0.391. The number of ether oxygens (including phenoxy) is 1. The number of anilines is 3. The Bertz CT molecular complexity index is 2310. The van der Waals surface area contributed by atoms with E-state index < -0.39 is 33.0 Å². The van der Waals surface area contributed by atoms with Crippen LogP contribution in [0.5, 0.6) is 17.2 Å². The van der Waals surface area contributed by atoms with Crippen LogP contribution in [0.15, 0.2) is 111 Å². The summed E-state index contributed by atoms with van der Waals surface area (Å²) >= 11 is 6.20. The molecule has 17 heteroatoms. The van der Waals surface area contributed by atoms with Gasteiger partial charge in [0.2, 0.25) is 11.9 Å². The van der Waals surface area contributed by atoms with E-state index in [1.165, 1.54) is 107 Å². The smallest absolute Gasteiger partial charge is 0.324 e. The quantitative estimate of drug-likeness (QED) is 0.0259. The van der Waals surface area contributed by atoms with E-state index in [1.807, 2.05) is 0 Å². The molecule has 5 rings (SSSR count). The van der Waals surface area contributed by atoms with Crippen LogP contribution in [-0.4, -0.2) is 47.8 Å². The summed E-state index contributed by atoms with van der Waals surface area (Å²) in [6.07, 6.45) is 19.2. The summed E-state index contributed by atoms with van der Waals surface area (Å²) in [5.41, 5.74) is 0.912. The summed E-state index contributed by atoms with van der Waals surface area (Å²) in [4.78, 5) is 39.0. The van der Waals surface area contributed by atoms with Crippen molar-refractivity contribution in [3.8, 4) is 17.2 Å². The van der Waals surface area contributed by atoms with Crippen LogP contribution in [0.3, 0.4) is 0 Å². The highest BCUT2D eigenvalue weighted by atomic mass is 35.5. The van der Waals surface area contributed by atoms with Gasteiger partial charge in [0.15, 0.2) is 5.84 Å². The molecule has 336 valence electrons. The maximum absolute atomic E-state index is 13.8. The fourth-order valence-electron chi connectivity index (χ4n) is 6.85. The molecule has 0 aliphatic carbocycles.